The van der Waals surface area contributed by atoms with E-state index in [1.807, 2.05) is 30.5 Å². The van der Waals surface area contributed by atoms with Crippen molar-refractivity contribution in [3.8, 4) is 5.75 Å². The highest BCUT2D eigenvalue weighted by molar-refractivity contribution is 6.30. The van der Waals surface area contributed by atoms with Crippen molar-refractivity contribution in [2.24, 2.45) is 5.41 Å². The molecule has 0 heterocycles. The highest BCUT2D eigenvalue weighted by Gasteiger charge is 2.31. The molecule has 0 unspecified atom stereocenters. The Morgan fingerprint density at radius 3 is 2.28 bits per heavy atom. The maximum Gasteiger partial charge on any atom is 0.126 e. The maximum absolute atomic E-state index is 5.84. The van der Waals surface area contributed by atoms with Crippen LogP contribution in [0.4, 0.5) is 0 Å². The van der Waals surface area contributed by atoms with Gasteiger partial charge in [0.2, 0.25) is 0 Å². The molecule has 0 atom stereocenters. The van der Waals surface area contributed by atoms with Crippen LogP contribution in [0.3, 0.4) is 0 Å². The molecule has 96 valence electrons. The van der Waals surface area contributed by atoms with Gasteiger partial charge in [-0.25, -0.2) is 0 Å². The summed E-state index contributed by atoms with van der Waals surface area (Å²) in [4.78, 5) is 0. The molecule has 0 fully saturated rings. The van der Waals surface area contributed by atoms with Crippen LogP contribution in [0.1, 0.15) is 34.1 Å². The monoisotopic (exact) mass is 262 g/mol. The van der Waals surface area contributed by atoms with Gasteiger partial charge in [-0.2, -0.15) is 0 Å². The fourth-order valence-corrected chi connectivity index (χ4v) is 2.40. The lowest BCUT2D eigenvalue weighted by Gasteiger charge is -2.18. The first-order valence-corrected chi connectivity index (χ1v) is 6.57. The molecule has 0 aliphatic heterocycles. The third-order valence-electron chi connectivity index (χ3n) is 3.84. The van der Waals surface area contributed by atoms with Gasteiger partial charge in [0.1, 0.15) is 5.75 Å². The molecule has 1 aromatic rings. The Kier molecular flexibility index (Phi) is 3.54. The number of halogens is 1. The van der Waals surface area contributed by atoms with Crippen LogP contribution in [0.2, 0.25) is 5.02 Å². The van der Waals surface area contributed by atoms with Gasteiger partial charge in [0.05, 0.1) is 6.26 Å². The first-order valence-electron chi connectivity index (χ1n) is 6.20. The minimum absolute atomic E-state index is 0.249. The summed E-state index contributed by atoms with van der Waals surface area (Å²) >= 11 is 5.84. The van der Waals surface area contributed by atoms with Gasteiger partial charge in [-0.05, 0) is 61.1 Å². The molecule has 0 bridgehead atoms. The van der Waals surface area contributed by atoms with E-state index in [2.05, 4.69) is 27.7 Å². The fourth-order valence-electron chi connectivity index (χ4n) is 2.27. The van der Waals surface area contributed by atoms with Crippen molar-refractivity contribution < 1.29 is 4.74 Å². The first kappa shape index (κ1) is 13.2. The number of hydrogen-bond donors (Lipinski definition) is 0. The third kappa shape index (κ3) is 2.62. The summed E-state index contributed by atoms with van der Waals surface area (Å²) in [6.07, 6.45) is 2.91. The molecule has 0 spiro atoms. The molecule has 1 aliphatic carbocycles. The average molecular weight is 263 g/mol. The Morgan fingerprint density at radius 1 is 1.17 bits per heavy atom. The zero-order valence-corrected chi connectivity index (χ0v) is 12.1. The lowest BCUT2D eigenvalue weighted by atomic mass is 9.86. The largest absolute Gasteiger partial charge is 0.465 e. The molecule has 1 nitrogen and oxygen atoms in total. The van der Waals surface area contributed by atoms with Crippen LogP contribution in [-0.2, 0) is 0 Å². The molecule has 0 saturated heterocycles. The van der Waals surface area contributed by atoms with Crippen molar-refractivity contribution in [2.45, 2.75) is 34.1 Å². The van der Waals surface area contributed by atoms with Gasteiger partial charge in [0.25, 0.3) is 0 Å². The Labute approximate surface area is 114 Å². The van der Waals surface area contributed by atoms with Crippen LogP contribution in [0.5, 0.6) is 5.75 Å². The average Bonchev–Trinajstić information content (AvgIpc) is 2.52. The minimum atomic E-state index is 0.249. The summed E-state index contributed by atoms with van der Waals surface area (Å²) < 4.78 is 5.70. The van der Waals surface area contributed by atoms with Crippen molar-refractivity contribution >= 4 is 11.6 Å². The number of hydrogen-bond acceptors (Lipinski definition) is 1. The molecular weight excluding hydrogens is 244 g/mol. The smallest absolute Gasteiger partial charge is 0.126 e. The predicted molar refractivity (Wildman–Crippen MR) is 76.9 cm³/mol. The summed E-state index contributed by atoms with van der Waals surface area (Å²) in [7, 11) is 0. The molecule has 2 heteroatoms. The molecule has 0 saturated carbocycles. The van der Waals surface area contributed by atoms with E-state index in [-0.39, 0.29) is 5.41 Å². The Balaban J connectivity index is 2.15. The summed E-state index contributed by atoms with van der Waals surface area (Å²) in [6, 6.07) is 7.43. The van der Waals surface area contributed by atoms with Gasteiger partial charge in [-0.3, -0.25) is 0 Å². The summed E-state index contributed by atoms with van der Waals surface area (Å²) in [6.45, 7) is 8.92. The molecule has 2 rings (SSSR count). The van der Waals surface area contributed by atoms with E-state index in [0.717, 1.165) is 17.2 Å². The van der Waals surface area contributed by atoms with Crippen LogP contribution < -0.4 is 4.74 Å². The second kappa shape index (κ2) is 4.81. The van der Waals surface area contributed by atoms with Gasteiger partial charge >= 0.3 is 0 Å². The molecule has 0 aromatic heterocycles. The Morgan fingerprint density at radius 2 is 1.78 bits per heavy atom. The van der Waals surface area contributed by atoms with Crippen molar-refractivity contribution in [3.05, 3.63) is 52.3 Å². The van der Waals surface area contributed by atoms with Crippen LogP contribution in [0, 0.1) is 5.41 Å². The van der Waals surface area contributed by atoms with E-state index in [1.54, 1.807) is 0 Å². The van der Waals surface area contributed by atoms with Crippen molar-refractivity contribution in [1.82, 2.24) is 0 Å². The standard InChI is InChI=1S/C16H19ClO/c1-11-12(2)16(3,4)9-13(11)10-18-15-7-5-14(17)6-8-15/h5-8,10H,9H2,1-4H3. The van der Waals surface area contributed by atoms with Gasteiger partial charge in [0.15, 0.2) is 0 Å². The summed E-state index contributed by atoms with van der Waals surface area (Å²) in [5.41, 5.74) is 4.34. The summed E-state index contributed by atoms with van der Waals surface area (Å²) in [5.74, 6) is 0.821. The topological polar surface area (TPSA) is 9.23 Å². The van der Waals surface area contributed by atoms with E-state index in [9.17, 15) is 0 Å². The van der Waals surface area contributed by atoms with Crippen molar-refractivity contribution in [1.29, 1.82) is 0 Å². The lowest BCUT2D eigenvalue weighted by Crippen LogP contribution is -2.07. The molecule has 0 amide bonds. The third-order valence-corrected chi connectivity index (χ3v) is 4.09. The zero-order valence-electron chi connectivity index (χ0n) is 11.4. The van der Waals surface area contributed by atoms with Gasteiger partial charge in [0, 0.05) is 5.02 Å². The molecule has 0 radical (unpaired) electrons. The zero-order chi connectivity index (χ0) is 13.3. The Bertz CT molecular complexity index is 506. The Hall–Kier alpha value is -1.21. The lowest BCUT2D eigenvalue weighted by molar-refractivity contribution is 0.445. The van der Waals surface area contributed by atoms with Crippen LogP contribution in [0.15, 0.2) is 47.2 Å². The number of benzene rings is 1. The maximum atomic E-state index is 5.84. The fraction of sp³-hybridized carbons (Fsp3) is 0.375. The number of ether oxygens (including phenoxy) is 1. The molecule has 18 heavy (non-hydrogen) atoms. The minimum Gasteiger partial charge on any atom is -0.465 e. The second-order valence-electron chi connectivity index (χ2n) is 5.53. The number of rotatable bonds is 2. The van der Waals surface area contributed by atoms with Crippen molar-refractivity contribution in [2.75, 3.05) is 0 Å². The second-order valence-corrected chi connectivity index (χ2v) is 5.96. The highest BCUT2D eigenvalue weighted by Crippen LogP contribution is 2.44. The number of allylic oxidation sites excluding steroid dienone is 3. The van der Waals surface area contributed by atoms with Gasteiger partial charge in [-0.15, -0.1) is 0 Å². The molecule has 1 aromatic carbocycles. The van der Waals surface area contributed by atoms with E-state index in [4.69, 9.17) is 16.3 Å². The quantitative estimate of drug-likeness (QED) is 0.651. The predicted octanol–water partition coefficient (Wildman–Crippen LogP) is 5.37. The van der Waals surface area contributed by atoms with E-state index >= 15 is 0 Å². The van der Waals surface area contributed by atoms with Gasteiger partial charge < -0.3 is 4.74 Å². The SMILES string of the molecule is CC1=C(C)C(C)(C)CC1=COc1ccc(Cl)cc1. The first-order chi connectivity index (χ1) is 8.40. The van der Waals surface area contributed by atoms with E-state index in [1.165, 1.54) is 16.7 Å². The van der Waals surface area contributed by atoms with E-state index in [0.29, 0.717) is 0 Å². The van der Waals surface area contributed by atoms with E-state index < -0.39 is 0 Å². The van der Waals surface area contributed by atoms with Gasteiger partial charge in [-0.1, -0.05) is 31.0 Å². The van der Waals surface area contributed by atoms with Crippen molar-refractivity contribution in [3.63, 3.8) is 0 Å². The van der Waals surface area contributed by atoms with Crippen LogP contribution >= 0.6 is 11.6 Å². The highest BCUT2D eigenvalue weighted by atomic mass is 35.5. The molecule has 0 N–H and O–H groups in total. The van der Waals surface area contributed by atoms with Crippen LogP contribution in [-0.4, -0.2) is 0 Å². The molecule has 1 aliphatic rings. The van der Waals surface area contributed by atoms with Crippen LogP contribution in [0.25, 0.3) is 0 Å². The molecular formula is C16H19ClO. The summed E-state index contributed by atoms with van der Waals surface area (Å²) in [5, 5.41) is 0.726. The normalized spacial score (nSPS) is 20.6.